The molecular formula is C31H33Br2ClF2N3O6S2+. The first-order chi connectivity index (χ1) is 22.1. The average molecular weight is 841 g/mol. The fraction of sp³-hybridized carbons (Fsp3) is 0.452. The van der Waals surface area contributed by atoms with Crippen LogP contribution in [0.15, 0.2) is 78.6 Å². The van der Waals surface area contributed by atoms with Crippen molar-refractivity contribution in [1.82, 2.24) is 8.61 Å². The number of hydrogen-bond donors (Lipinski definition) is 0. The van der Waals surface area contributed by atoms with Gasteiger partial charge in [-0.05, 0) is 87.7 Å². The number of fused-ring (bicyclic) bond motifs is 1. The highest BCUT2D eigenvalue weighted by Crippen LogP contribution is 2.47. The van der Waals surface area contributed by atoms with Crippen LogP contribution in [0.1, 0.15) is 39.0 Å². The zero-order chi connectivity index (χ0) is 33.9. The minimum absolute atomic E-state index is 0.0402. The Hall–Kier alpha value is -1.72. The molecule has 1 atom stereocenters. The highest BCUT2D eigenvalue weighted by atomic mass is 79.9. The molecule has 0 radical (unpaired) electrons. The third-order valence-corrected chi connectivity index (χ3v) is 15.6. The number of nitrogens with zero attached hydrogens (tertiary/aromatic N) is 3. The lowest BCUT2D eigenvalue weighted by Gasteiger charge is -2.53. The number of amides is 1. The standard InChI is InChI=1S/C31H33Br2ClF2N3O6S2/c1-31(34)11-6-27-20(18-31)19-45-30(40)39(27,23-7-12-37(13-8-23)46(41,42)28-4-2-21(35)16-25(28)32)24-9-14-38(15-10-24)47(43,44)29-5-3-22(36)17-26(29)33/h2-6,16-18,23-24H,7-15,19H2,1H3/q+1. The van der Waals surface area contributed by atoms with Crippen LogP contribution in [-0.2, 0) is 24.8 Å². The molecule has 3 aliphatic heterocycles. The number of carbonyl (C=O) groups is 1. The van der Waals surface area contributed by atoms with Gasteiger partial charge in [0.25, 0.3) is 0 Å². The van der Waals surface area contributed by atoms with Gasteiger partial charge >= 0.3 is 6.09 Å². The molecule has 0 N–H and O–H groups in total. The molecule has 254 valence electrons. The van der Waals surface area contributed by atoms with Crippen molar-refractivity contribution in [1.29, 1.82) is 0 Å². The van der Waals surface area contributed by atoms with Crippen LogP contribution in [0.3, 0.4) is 0 Å². The maximum Gasteiger partial charge on any atom is 0.522 e. The van der Waals surface area contributed by atoms with Gasteiger partial charge in [0.15, 0.2) is 0 Å². The molecule has 0 aromatic heterocycles. The molecule has 1 unspecified atom stereocenters. The van der Waals surface area contributed by atoms with Crippen molar-refractivity contribution in [2.45, 2.75) is 65.8 Å². The zero-order valence-electron chi connectivity index (χ0n) is 25.3. The maximum atomic E-state index is 14.2. The van der Waals surface area contributed by atoms with E-state index < -0.39 is 42.6 Å². The number of rotatable bonds is 6. The summed E-state index contributed by atoms with van der Waals surface area (Å²) in [4.78, 5) is 13.4. The van der Waals surface area contributed by atoms with Crippen molar-refractivity contribution in [3.63, 3.8) is 0 Å². The van der Waals surface area contributed by atoms with E-state index in [9.17, 15) is 30.4 Å². The summed E-state index contributed by atoms with van der Waals surface area (Å²) in [7, 11) is -7.93. The molecule has 4 aliphatic rings. The minimum Gasteiger partial charge on any atom is -0.415 e. The van der Waals surface area contributed by atoms with E-state index in [2.05, 4.69) is 31.9 Å². The normalized spacial score (nSPS) is 25.1. The first-order valence-electron chi connectivity index (χ1n) is 15.2. The van der Waals surface area contributed by atoms with Gasteiger partial charge in [-0.3, -0.25) is 0 Å². The number of carbonyl (C=O) groups excluding carboxylic acids is 1. The number of piperidine rings is 2. The van der Waals surface area contributed by atoms with Crippen LogP contribution >= 0.6 is 43.5 Å². The molecule has 0 saturated carbocycles. The monoisotopic (exact) mass is 838 g/mol. The Kier molecular flexibility index (Phi) is 9.62. The van der Waals surface area contributed by atoms with E-state index in [0.29, 0.717) is 32.1 Å². The number of ether oxygens (including phenoxy) is 1. The number of allylic oxidation sites excluding steroid dienone is 2. The molecule has 3 saturated heterocycles. The smallest absolute Gasteiger partial charge is 0.415 e. The van der Waals surface area contributed by atoms with Crippen LogP contribution in [0.4, 0.5) is 13.6 Å². The van der Waals surface area contributed by atoms with E-state index in [4.69, 9.17) is 16.3 Å². The Labute approximate surface area is 295 Å². The van der Waals surface area contributed by atoms with Crippen LogP contribution in [0, 0.1) is 11.6 Å². The lowest BCUT2D eigenvalue weighted by atomic mass is 9.86. The number of halogens is 5. The van der Waals surface area contributed by atoms with E-state index in [0.717, 1.165) is 35.5 Å². The molecule has 2 aromatic carbocycles. The third kappa shape index (κ3) is 6.28. The molecule has 9 nitrogen and oxygen atoms in total. The van der Waals surface area contributed by atoms with Gasteiger partial charge in [0.1, 0.15) is 36.0 Å². The van der Waals surface area contributed by atoms with Gasteiger partial charge in [-0.2, -0.15) is 17.9 Å². The largest absolute Gasteiger partial charge is 0.522 e. The van der Waals surface area contributed by atoms with Gasteiger partial charge in [0.05, 0.1) is 14.7 Å². The number of hydrogen-bond acceptors (Lipinski definition) is 6. The molecule has 3 fully saturated rings. The Bertz CT molecular complexity index is 1790. The summed E-state index contributed by atoms with van der Waals surface area (Å²) in [5, 5.41) is 0. The molecule has 47 heavy (non-hydrogen) atoms. The van der Waals surface area contributed by atoms with Crippen LogP contribution in [0.5, 0.6) is 0 Å². The highest BCUT2D eigenvalue weighted by Gasteiger charge is 2.60. The van der Waals surface area contributed by atoms with Crippen molar-refractivity contribution in [2.24, 2.45) is 0 Å². The fourth-order valence-corrected chi connectivity index (χ4v) is 12.6. The summed E-state index contributed by atoms with van der Waals surface area (Å²) in [6.07, 6.45) is 5.25. The predicted octanol–water partition coefficient (Wildman–Crippen LogP) is 6.67. The zero-order valence-corrected chi connectivity index (χ0v) is 30.9. The average Bonchev–Trinajstić information content (AvgIpc) is 3.01. The lowest BCUT2D eigenvalue weighted by molar-refractivity contribution is -0.875. The van der Waals surface area contributed by atoms with Crippen molar-refractivity contribution in [2.75, 3.05) is 32.8 Å². The Morgan fingerprint density at radius 3 is 1.72 bits per heavy atom. The Balaban J connectivity index is 1.31. The van der Waals surface area contributed by atoms with E-state index >= 15 is 0 Å². The van der Waals surface area contributed by atoms with E-state index in [-0.39, 0.29) is 68.1 Å². The van der Waals surface area contributed by atoms with Crippen LogP contribution < -0.4 is 0 Å². The summed E-state index contributed by atoms with van der Waals surface area (Å²) in [5.74, 6) is -1.13. The van der Waals surface area contributed by atoms with Crippen LogP contribution in [0.2, 0.25) is 0 Å². The van der Waals surface area contributed by atoms with Crippen molar-refractivity contribution in [3.05, 3.63) is 80.4 Å². The minimum atomic E-state index is -3.96. The lowest BCUT2D eigenvalue weighted by Crippen LogP contribution is -2.69. The molecule has 6 rings (SSSR count). The highest BCUT2D eigenvalue weighted by molar-refractivity contribution is 9.10. The first kappa shape index (κ1) is 35.1. The summed E-state index contributed by atoms with van der Waals surface area (Å²) in [6.45, 7) is 2.42. The van der Waals surface area contributed by atoms with Gasteiger partial charge in [0.2, 0.25) is 20.0 Å². The quantitative estimate of drug-likeness (QED) is 0.238. The summed E-state index contributed by atoms with van der Waals surface area (Å²) in [6, 6.07) is 6.16. The van der Waals surface area contributed by atoms with E-state index in [1.165, 1.54) is 20.7 Å². The van der Waals surface area contributed by atoms with Crippen molar-refractivity contribution >= 4 is 69.6 Å². The van der Waals surface area contributed by atoms with Gasteiger partial charge < -0.3 is 4.74 Å². The summed E-state index contributed by atoms with van der Waals surface area (Å²) >= 11 is 13.1. The third-order valence-electron chi connectivity index (χ3n) is 9.57. The molecule has 1 amide bonds. The second-order valence-corrected chi connectivity index (χ2v) is 18.9. The first-order valence-corrected chi connectivity index (χ1v) is 20.0. The summed E-state index contributed by atoms with van der Waals surface area (Å²) < 4.78 is 90.5. The maximum absolute atomic E-state index is 14.2. The molecule has 2 aromatic rings. The molecule has 1 aliphatic carbocycles. The van der Waals surface area contributed by atoms with Crippen molar-refractivity contribution in [3.8, 4) is 0 Å². The Morgan fingerprint density at radius 1 is 0.851 bits per heavy atom. The summed E-state index contributed by atoms with van der Waals surface area (Å²) in [5.41, 5.74) is 1.58. The molecule has 16 heteroatoms. The number of quaternary nitrogens is 1. The van der Waals surface area contributed by atoms with Crippen LogP contribution in [-0.4, -0.2) is 85.8 Å². The SMILES string of the molecule is CC1(Cl)C=C2COC(=O)[N+](C3CCN(S(=O)(=O)c4ccc(F)cc4Br)CC3)(C3CCN(S(=O)(=O)c4ccc(F)cc4Br)CC3)C2=CC1. The van der Waals surface area contributed by atoms with E-state index in [1.54, 1.807) is 0 Å². The second kappa shape index (κ2) is 12.9. The predicted molar refractivity (Wildman–Crippen MR) is 178 cm³/mol. The van der Waals surface area contributed by atoms with Crippen LogP contribution in [0.25, 0.3) is 0 Å². The fourth-order valence-electron chi connectivity index (χ4n) is 7.39. The molecule has 0 spiro atoms. The van der Waals surface area contributed by atoms with Crippen molar-refractivity contribution < 1.29 is 39.6 Å². The number of cyclic esters (lactones) is 1. The number of benzene rings is 2. The van der Waals surface area contributed by atoms with Gasteiger partial charge in [-0.1, -0.05) is 6.08 Å². The topological polar surface area (TPSA) is 101 Å². The number of alkyl halides is 1. The van der Waals surface area contributed by atoms with Gasteiger partial charge in [-0.15, -0.1) is 11.6 Å². The van der Waals surface area contributed by atoms with Gasteiger partial charge in [-0.25, -0.2) is 25.6 Å². The Morgan fingerprint density at radius 2 is 1.30 bits per heavy atom. The van der Waals surface area contributed by atoms with E-state index in [1.807, 2.05) is 19.1 Å². The second-order valence-electron chi connectivity index (χ2n) is 12.5. The molecule has 3 heterocycles. The van der Waals surface area contributed by atoms with Gasteiger partial charge in [0, 0.05) is 66.4 Å². The number of sulfonamides is 2. The molecular weight excluding hydrogens is 808 g/mol. The molecule has 0 bridgehead atoms.